The van der Waals surface area contributed by atoms with E-state index in [1.54, 1.807) is 61.5 Å². The van der Waals surface area contributed by atoms with Crippen LogP contribution in [0.2, 0.25) is 0 Å². The maximum atomic E-state index is 12.4. The Morgan fingerprint density at radius 1 is 1.07 bits per heavy atom. The highest BCUT2D eigenvalue weighted by atomic mass is 16.5. The molecule has 1 amide bonds. The number of anilines is 1. The molecule has 0 radical (unpaired) electrons. The molecule has 0 aromatic heterocycles. The third kappa shape index (κ3) is 6.72. The highest BCUT2D eigenvalue weighted by Crippen LogP contribution is 2.19. The molecule has 6 heteroatoms. The topological polar surface area (TPSA) is 79.8 Å². The second kappa shape index (κ2) is 10.5. The maximum Gasteiger partial charge on any atom is 0.255 e. The lowest BCUT2D eigenvalue weighted by Crippen LogP contribution is -2.46. The fourth-order valence-electron chi connectivity index (χ4n) is 2.42. The minimum Gasteiger partial charge on any atom is -0.490 e. The molecule has 0 saturated carbocycles. The molecule has 3 N–H and O–H groups in total. The number of carbonyl (C=O) groups excluding carboxylic acids is 1. The number of nitrogens with one attached hydrogen (secondary N) is 2. The largest absolute Gasteiger partial charge is 0.490 e. The molecule has 2 atom stereocenters. The fourth-order valence-corrected chi connectivity index (χ4v) is 2.42. The highest BCUT2D eigenvalue weighted by molar-refractivity contribution is 6.04. The van der Waals surface area contributed by atoms with E-state index in [0.717, 1.165) is 0 Å². The van der Waals surface area contributed by atoms with E-state index in [-0.39, 0.29) is 11.9 Å². The molecular weight excluding hydrogens is 356 g/mol. The molecule has 0 fully saturated rings. The Hall–Kier alpha value is -2.83. The van der Waals surface area contributed by atoms with Gasteiger partial charge in [0.25, 0.3) is 5.91 Å². The van der Waals surface area contributed by atoms with Gasteiger partial charge < -0.3 is 19.9 Å². The van der Waals surface area contributed by atoms with Gasteiger partial charge in [-0.25, -0.2) is 0 Å². The molecule has 2 rings (SSSR count). The van der Waals surface area contributed by atoms with Crippen molar-refractivity contribution in [1.29, 1.82) is 0 Å². The number of hydrogen-bond donors (Lipinski definition) is 3. The Kier molecular flexibility index (Phi) is 8.04. The van der Waals surface area contributed by atoms with Crippen LogP contribution in [0.4, 0.5) is 5.69 Å². The van der Waals surface area contributed by atoms with Gasteiger partial charge in [0, 0.05) is 17.3 Å². The first-order valence-corrected chi connectivity index (χ1v) is 9.25. The Morgan fingerprint density at radius 2 is 1.68 bits per heavy atom. The zero-order valence-corrected chi connectivity index (χ0v) is 16.5. The zero-order chi connectivity index (χ0) is 20.5. The van der Waals surface area contributed by atoms with E-state index in [2.05, 4.69) is 17.2 Å². The molecular formula is C22H28N2O4. The summed E-state index contributed by atoms with van der Waals surface area (Å²) in [6, 6.07) is 14.1. The summed E-state index contributed by atoms with van der Waals surface area (Å²) in [7, 11) is 0. The predicted octanol–water partition coefficient (Wildman–Crippen LogP) is 3.59. The molecule has 150 valence electrons. The standard InChI is InChI=1S/C22H28N2O4/c1-5-14-27-19-10-6-17(7-11-19)21(26)24-18-8-12-20(13-9-18)28-22(16(4)25)23-15(2)3/h5-13,15-16,22-23,25H,1,14H2,2-4H3,(H,24,26). The zero-order valence-electron chi connectivity index (χ0n) is 16.5. The van der Waals surface area contributed by atoms with Crippen molar-refractivity contribution in [3.8, 4) is 11.5 Å². The number of hydrogen-bond acceptors (Lipinski definition) is 5. The molecule has 2 aromatic rings. The summed E-state index contributed by atoms with van der Waals surface area (Å²) in [5, 5.41) is 15.8. The smallest absolute Gasteiger partial charge is 0.255 e. The molecule has 0 saturated heterocycles. The minimum absolute atomic E-state index is 0.173. The van der Waals surface area contributed by atoms with Gasteiger partial charge in [0.1, 0.15) is 24.2 Å². The van der Waals surface area contributed by atoms with Crippen molar-refractivity contribution in [2.75, 3.05) is 11.9 Å². The summed E-state index contributed by atoms with van der Waals surface area (Å²) in [5.74, 6) is 1.06. The lowest BCUT2D eigenvalue weighted by molar-refractivity contribution is 0.0218. The SMILES string of the molecule is C=CCOc1ccc(C(=O)Nc2ccc(OC(NC(C)C)C(C)O)cc2)cc1. The van der Waals surface area contributed by atoms with Crippen LogP contribution in [0.3, 0.4) is 0 Å². The van der Waals surface area contributed by atoms with Gasteiger partial charge >= 0.3 is 0 Å². The summed E-state index contributed by atoms with van der Waals surface area (Å²) in [4.78, 5) is 12.4. The van der Waals surface area contributed by atoms with Crippen LogP contribution in [0.15, 0.2) is 61.2 Å². The monoisotopic (exact) mass is 384 g/mol. The summed E-state index contributed by atoms with van der Waals surface area (Å²) in [6.07, 6.45) is 0.485. The molecule has 28 heavy (non-hydrogen) atoms. The summed E-state index contributed by atoms with van der Waals surface area (Å²) in [6.45, 7) is 9.65. The average Bonchev–Trinajstić information content (AvgIpc) is 2.67. The third-order valence-electron chi connectivity index (χ3n) is 3.80. The van der Waals surface area contributed by atoms with Crippen molar-refractivity contribution in [3.63, 3.8) is 0 Å². The highest BCUT2D eigenvalue weighted by Gasteiger charge is 2.17. The first kappa shape index (κ1) is 21.5. The van der Waals surface area contributed by atoms with E-state index in [1.807, 2.05) is 13.8 Å². The van der Waals surface area contributed by atoms with Gasteiger partial charge in [-0.05, 0) is 69.3 Å². The van der Waals surface area contributed by atoms with Gasteiger partial charge in [-0.2, -0.15) is 0 Å². The molecule has 0 aliphatic rings. The van der Waals surface area contributed by atoms with Gasteiger partial charge in [-0.3, -0.25) is 10.1 Å². The van der Waals surface area contributed by atoms with Crippen LogP contribution in [-0.4, -0.2) is 36.0 Å². The van der Waals surface area contributed by atoms with Crippen LogP contribution in [0.1, 0.15) is 31.1 Å². The number of amides is 1. The van der Waals surface area contributed by atoms with E-state index in [9.17, 15) is 9.90 Å². The van der Waals surface area contributed by atoms with Crippen LogP contribution in [0.5, 0.6) is 11.5 Å². The minimum atomic E-state index is -0.666. The van der Waals surface area contributed by atoms with E-state index in [1.165, 1.54) is 0 Å². The van der Waals surface area contributed by atoms with Gasteiger partial charge in [0.15, 0.2) is 6.23 Å². The van der Waals surface area contributed by atoms with Gasteiger partial charge in [0.2, 0.25) is 0 Å². The summed E-state index contributed by atoms with van der Waals surface area (Å²) < 4.78 is 11.2. The lowest BCUT2D eigenvalue weighted by Gasteiger charge is -2.25. The van der Waals surface area contributed by atoms with Crippen molar-refractivity contribution in [2.24, 2.45) is 0 Å². The maximum absolute atomic E-state index is 12.4. The summed E-state index contributed by atoms with van der Waals surface area (Å²) in [5.41, 5.74) is 1.18. The average molecular weight is 384 g/mol. The first-order valence-electron chi connectivity index (χ1n) is 9.25. The second-order valence-electron chi connectivity index (χ2n) is 6.70. The normalized spacial score (nSPS) is 12.9. The van der Waals surface area contributed by atoms with E-state index in [4.69, 9.17) is 9.47 Å². The number of ether oxygens (including phenoxy) is 2. The van der Waals surface area contributed by atoms with Crippen molar-refractivity contribution >= 4 is 11.6 Å². The third-order valence-corrected chi connectivity index (χ3v) is 3.80. The first-order chi connectivity index (χ1) is 13.4. The predicted molar refractivity (Wildman–Crippen MR) is 111 cm³/mol. The van der Waals surface area contributed by atoms with Gasteiger partial charge in [0.05, 0.1) is 0 Å². The van der Waals surface area contributed by atoms with Crippen molar-refractivity contribution in [3.05, 3.63) is 66.7 Å². The molecule has 2 unspecified atom stereocenters. The van der Waals surface area contributed by atoms with E-state index in [0.29, 0.717) is 29.4 Å². The van der Waals surface area contributed by atoms with Crippen LogP contribution < -0.4 is 20.1 Å². The molecule has 0 spiro atoms. The van der Waals surface area contributed by atoms with Crippen LogP contribution in [0, 0.1) is 0 Å². The summed E-state index contributed by atoms with van der Waals surface area (Å²) >= 11 is 0. The fraction of sp³-hybridized carbons (Fsp3) is 0.318. The van der Waals surface area contributed by atoms with Crippen LogP contribution in [0.25, 0.3) is 0 Å². The van der Waals surface area contributed by atoms with Gasteiger partial charge in [-0.1, -0.05) is 12.7 Å². The van der Waals surface area contributed by atoms with Gasteiger partial charge in [-0.15, -0.1) is 0 Å². The quantitative estimate of drug-likeness (QED) is 0.431. The van der Waals surface area contributed by atoms with Crippen molar-refractivity contribution in [1.82, 2.24) is 5.32 Å². The number of rotatable bonds is 10. The molecule has 0 aliphatic heterocycles. The molecule has 2 aromatic carbocycles. The van der Waals surface area contributed by atoms with E-state index >= 15 is 0 Å². The Bertz CT molecular complexity index is 755. The number of benzene rings is 2. The Balaban J connectivity index is 1.95. The number of carbonyl (C=O) groups is 1. The van der Waals surface area contributed by atoms with Crippen molar-refractivity contribution in [2.45, 2.75) is 39.1 Å². The molecule has 0 heterocycles. The van der Waals surface area contributed by atoms with Crippen LogP contribution >= 0.6 is 0 Å². The number of aliphatic hydroxyl groups excluding tert-OH is 1. The van der Waals surface area contributed by atoms with Crippen LogP contribution in [-0.2, 0) is 0 Å². The molecule has 0 aliphatic carbocycles. The molecule has 6 nitrogen and oxygen atoms in total. The number of aliphatic hydroxyl groups is 1. The molecule has 0 bridgehead atoms. The Morgan fingerprint density at radius 3 is 2.21 bits per heavy atom. The van der Waals surface area contributed by atoms with Crippen molar-refractivity contribution < 1.29 is 19.4 Å². The lowest BCUT2D eigenvalue weighted by atomic mass is 10.2. The second-order valence-corrected chi connectivity index (χ2v) is 6.70. The Labute approximate surface area is 166 Å². The van der Waals surface area contributed by atoms with E-state index < -0.39 is 12.3 Å².